The van der Waals surface area contributed by atoms with Gasteiger partial charge in [-0.05, 0) is 42.0 Å². The summed E-state index contributed by atoms with van der Waals surface area (Å²) in [5.41, 5.74) is 1.78. The average Bonchev–Trinajstić information content (AvgIpc) is 2.98. The summed E-state index contributed by atoms with van der Waals surface area (Å²) in [5.74, 6) is 1.50. The zero-order chi connectivity index (χ0) is 17.9. The molecule has 1 heterocycles. The molecule has 3 aromatic carbocycles. The van der Waals surface area contributed by atoms with E-state index in [1.807, 2.05) is 83.4 Å². The van der Waals surface area contributed by atoms with Crippen LogP contribution in [0.3, 0.4) is 0 Å². The number of benzene rings is 3. The second-order valence-corrected chi connectivity index (χ2v) is 7.02. The molecule has 0 aliphatic carbocycles. The SMILES string of the molecule is N=c1sc2ccccc2n1CC(O)c1ccc(Oc2ccccc2)cc1. The van der Waals surface area contributed by atoms with Crippen LogP contribution in [0.1, 0.15) is 11.7 Å². The Morgan fingerprint density at radius 2 is 1.54 bits per heavy atom. The Morgan fingerprint density at radius 3 is 2.31 bits per heavy atom. The van der Waals surface area contributed by atoms with Crippen molar-refractivity contribution in [3.8, 4) is 11.5 Å². The predicted molar refractivity (Wildman–Crippen MR) is 104 cm³/mol. The molecule has 0 saturated carbocycles. The van der Waals surface area contributed by atoms with Crippen LogP contribution in [0.5, 0.6) is 11.5 Å². The molecule has 4 aromatic rings. The van der Waals surface area contributed by atoms with E-state index in [1.54, 1.807) is 0 Å². The molecule has 0 aliphatic rings. The van der Waals surface area contributed by atoms with Gasteiger partial charge in [0.05, 0.1) is 22.9 Å². The molecule has 0 bridgehead atoms. The van der Waals surface area contributed by atoms with Gasteiger partial charge in [0.25, 0.3) is 0 Å². The lowest BCUT2D eigenvalue weighted by atomic mass is 10.1. The predicted octanol–water partition coefficient (Wildman–Crippen LogP) is 4.71. The minimum absolute atomic E-state index is 0.349. The normalized spacial score (nSPS) is 12.2. The van der Waals surface area contributed by atoms with Gasteiger partial charge in [0.1, 0.15) is 11.5 Å². The first-order chi connectivity index (χ1) is 12.7. The highest BCUT2D eigenvalue weighted by Gasteiger charge is 2.12. The maximum absolute atomic E-state index is 10.6. The number of aliphatic hydroxyl groups excluding tert-OH is 1. The van der Waals surface area contributed by atoms with Gasteiger partial charge in [-0.25, -0.2) is 0 Å². The maximum atomic E-state index is 10.6. The van der Waals surface area contributed by atoms with Gasteiger partial charge in [0, 0.05) is 0 Å². The van der Waals surface area contributed by atoms with E-state index in [0.717, 1.165) is 27.3 Å². The molecule has 4 nitrogen and oxygen atoms in total. The number of hydrogen-bond donors (Lipinski definition) is 2. The number of nitrogens with zero attached hydrogens (tertiary/aromatic N) is 1. The third kappa shape index (κ3) is 3.40. The van der Waals surface area contributed by atoms with Crippen LogP contribution in [-0.4, -0.2) is 9.67 Å². The molecular formula is C21H18N2O2S. The van der Waals surface area contributed by atoms with E-state index in [0.29, 0.717) is 11.3 Å². The number of fused-ring (bicyclic) bond motifs is 1. The Kier molecular flexibility index (Phi) is 4.56. The Morgan fingerprint density at radius 1 is 0.885 bits per heavy atom. The van der Waals surface area contributed by atoms with Gasteiger partial charge in [-0.2, -0.15) is 0 Å². The van der Waals surface area contributed by atoms with Crippen LogP contribution >= 0.6 is 11.3 Å². The van der Waals surface area contributed by atoms with Crippen LogP contribution < -0.4 is 9.54 Å². The van der Waals surface area contributed by atoms with Gasteiger partial charge in [0.2, 0.25) is 0 Å². The van der Waals surface area contributed by atoms with Crippen molar-refractivity contribution < 1.29 is 9.84 Å². The number of para-hydroxylation sites is 2. The summed E-state index contributed by atoms with van der Waals surface area (Å²) in [6.07, 6.45) is -0.687. The summed E-state index contributed by atoms with van der Waals surface area (Å²) in [6, 6.07) is 24.9. The number of hydrogen-bond acceptors (Lipinski definition) is 4. The monoisotopic (exact) mass is 362 g/mol. The van der Waals surface area contributed by atoms with Crippen LogP contribution in [0, 0.1) is 5.41 Å². The Hall–Kier alpha value is -2.89. The summed E-state index contributed by atoms with van der Waals surface area (Å²) in [4.78, 5) is 0.439. The summed E-state index contributed by atoms with van der Waals surface area (Å²) in [7, 11) is 0. The van der Waals surface area contributed by atoms with Gasteiger partial charge in [0.15, 0.2) is 4.80 Å². The summed E-state index contributed by atoms with van der Waals surface area (Å²) < 4.78 is 8.68. The Labute approximate surface area is 155 Å². The molecule has 0 spiro atoms. The lowest BCUT2D eigenvalue weighted by Gasteiger charge is -2.14. The van der Waals surface area contributed by atoms with Crippen molar-refractivity contribution in [2.45, 2.75) is 12.6 Å². The van der Waals surface area contributed by atoms with E-state index in [2.05, 4.69) is 0 Å². The van der Waals surface area contributed by atoms with Crippen LogP contribution in [0.25, 0.3) is 10.2 Å². The lowest BCUT2D eigenvalue weighted by Crippen LogP contribution is -2.18. The highest BCUT2D eigenvalue weighted by molar-refractivity contribution is 7.16. The van der Waals surface area contributed by atoms with Gasteiger partial charge < -0.3 is 14.4 Å². The fourth-order valence-electron chi connectivity index (χ4n) is 2.88. The van der Waals surface area contributed by atoms with Crippen LogP contribution in [-0.2, 0) is 6.54 Å². The second kappa shape index (κ2) is 7.15. The molecule has 0 fully saturated rings. The fraction of sp³-hybridized carbons (Fsp3) is 0.0952. The summed E-state index contributed by atoms with van der Waals surface area (Å²) in [6.45, 7) is 0.349. The van der Waals surface area contributed by atoms with E-state index < -0.39 is 6.10 Å². The van der Waals surface area contributed by atoms with Crippen LogP contribution in [0.15, 0.2) is 78.9 Å². The van der Waals surface area contributed by atoms with E-state index in [-0.39, 0.29) is 0 Å². The van der Waals surface area contributed by atoms with Crippen molar-refractivity contribution in [3.63, 3.8) is 0 Å². The summed E-state index contributed by atoms with van der Waals surface area (Å²) >= 11 is 1.42. The highest BCUT2D eigenvalue weighted by Crippen LogP contribution is 2.25. The molecule has 0 aliphatic heterocycles. The molecule has 1 atom stereocenters. The molecule has 0 radical (unpaired) electrons. The molecule has 26 heavy (non-hydrogen) atoms. The molecular weight excluding hydrogens is 344 g/mol. The largest absolute Gasteiger partial charge is 0.457 e. The molecule has 0 saturated heterocycles. The van der Waals surface area contributed by atoms with Crippen LogP contribution in [0.4, 0.5) is 0 Å². The van der Waals surface area contributed by atoms with Crippen molar-refractivity contribution in [2.24, 2.45) is 0 Å². The van der Waals surface area contributed by atoms with E-state index in [4.69, 9.17) is 10.1 Å². The molecule has 1 unspecified atom stereocenters. The zero-order valence-corrected chi connectivity index (χ0v) is 14.8. The minimum Gasteiger partial charge on any atom is -0.457 e. The van der Waals surface area contributed by atoms with E-state index in [9.17, 15) is 5.11 Å². The number of aromatic nitrogens is 1. The van der Waals surface area contributed by atoms with Crippen molar-refractivity contribution in [2.75, 3.05) is 0 Å². The number of thiazole rings is 1. The quantitative estimate of drug-likeness (QED) is 0.540. The number of nitrogens with one attached hydrogen (secondary N) is 1. The van der Waals surface area contributed by atoms with Crippen molar-refractivity contribution >= 4 is 21.6 Å². The van der Waals surface area contributed by atoms with Gasteiger partial charge in [-0.1, -0.05) is 53.8 Å². The topological polar surface area (TPSA) is 58.2 Å². The molecule has 130 valence electrons. The smallest absolute Gasteiger partial charge is 0.183 e. The van der Waals surface area contributed by atoms with E-state index >= 15 is 0 Å². The Bertz CT molecular complexity index is 1070. The molecule has 2 N–H and O–H groups in total. The first kappa shape index (κ1) is 16.6. The van der Waals surface area contributed by atoms with Gasteiger partial charge in [-0.15, -0.1) is 0 Å². The average molecular weight is 362 g/mol. The minimum atomic E-state index is -0.687. The lowest BCUT2D eigenvalue weighted by molar-refractivity contribution is 0.157. The molecule has 0 amide bonds. The Balaban J connectivity index is 1.52. The fourth-order valence-corrected chi connectivity index (χ4v) is 3.80. The summed E-state index contributed by atoms with van der Waals surface area (Å²) in [5, 5.41) is 18.8. The second-order valence-electron chi connectivity index (χ2n) is 5.99. The molecule has 1 aromatic heterocycles. The van der Waals surface area contributed by atoms with E-state index in [1.165, 1.54) is 11.3 Å². The van der Waals surface area contributed by atoms with Crippen molar-refractivity contribution in [3.05, 3.63) is 89.2 Å². The number of rotatable bonds is 5. The first-order valence-electron chi connectivity index (χ1n) is 8.34. The number of ether oxygens (including phenoxy) is 1. The van der Waals surface area contributed by atoms with Gasteiger partial charge >= 0.3 is 0 Å². The third-order valence-electron chi connectivity index (χ3n) is 4.21. The zero-order valence-electron chi connectivity index (χ0n) is 14.0. The molecule has 5 heteroatoms. The first-order valence-corrected chi connectivity index (χ1v) is 9.16. The van der Waals surface area contributed by atoms with Crippen molar-refractivity contribution in [1.82, 2.24) is 4.57 Å². The number of aliphatic hydroxyl groups is 1. The van der Waals surface area contributed by atoms with Crippen LogP contribution in [0.2, 0.25) is 0 Å². The maximum Gasteiger partial charge on any atom is 0.183 e. The van der Waals surface area contributed by atoms with Gasteiger partial charge in [-0.3, -0.25) is 5.41 Å². The third-order valence-corrected chi connectivity index (χ3v) is 5.19. The highest BCUT2D eigenvalue weighted by atomic mass is 32.1. The standard InChI is InChI=1S/C21H18N2O2S/c22-21-23(18-8-4-5-9-20(18)26-21)14-19(24)15-10-12-17(13-11-15)25-16-6-2-1-3-7-16/h1-13,19,22,24H,14H2. The van der Waals surface area contributed by atoms with Crippen molar-refractivity contribution in [1.29, 1.82) is 5.41 Å². The molecule has 4 rings (SSSR count).